The fourth-order valence-electron chi connectivity index (χ4n) is 2.80. The van der Waals surface area contributed by atoms with E-state index >= 15 is 0 Å². The molecule has 4 heteroatoms. The molecule has 1 N–H and O–H groups in total. The summed E-state index contributed by atoms with van der Waals surface area (Å²) in [4.78, 5) is 15.3. The van der Waals surface area contributed by atoms with Crippen LogP contribution in [0.5, 0.6) is 0 Å². The zero-order valence-electron chi connectivity index (χ0n) is 9.35. The second-order valence-corrected chi connectivity index (χ2v) is 5.10. The summed E-state index contributed by atoms with van der Waals surface area (Å²) < 4.78 is 0. The lowest BCUT2D eigenvalue weighted by Crippen LogP contribution is -2.48. The molecule has 0 aromatic heterocycles. The fourth-order valence-corrected chi connectivity index (χ4v) is 2.80. The van der Waals surface area contributed by atoms with E-state index in [1.807, 2.05) is 0 Å². The molecule has 2 saturated heterocycles. The molecular weight excluding hydrogens is 192 g/mol. The summed E-state index contributed by atoms with van der Waals surface area (Å²) in [6, 6.07) is 0. The molecule has 0 saturated carbocycles. The summed E-state index contributed by atoms with van der Waals surface area (Å²) >= 11 is 0. The monoisotopic (exact) mass is 212 g/mol. The minimum atomic E-state index is -0.648. The minimum absolute atomic E-state index is 0.348. The van der Waals surface area contributed by atoms with Crippen LogP contribution in [0.2, 0.25) is 0 Å². The molecule has 0 radical (unpaired) electrons. The highest BCUT2D eigenvalue weighted by Gasteiger charge is 2.29. The number of likely N-dealkylation sites (tertiary alicyclic amines) is 2. The zero-order valence-corrected chi connectivity index (χ0v) is 9.35. The molecule has 0 aliphatic carbocycles. The standard InChI is InChI=1S/C11H20N2O2/c1-12-5-10(6-12)8-13-3-2-9(7-13)4-11(14)15/h9-10H,2-8H2,1H3,(H,14,15). The van der Waals surface area contributed by atoms with Gasteiger partial charge in [0, 0.05) is 32.6 Å². The maximum absolute atomic E-state index is 10.6. The third-order valence-corrected chi connectivity index (χ3v) is 3.49. The molecule has 2 aliphatic rings. The van der Waals surface area contributed by atoms with E-state index in [0.717, 1.165) is 25.4 Å². The maximum atomic E-state index is 10.6. The van der Waals surface area contributed by atoms with Crippen LogP contribution in [0.15, 0.2) is 0 Å². The second kappa shape index (κ2) is 4.49. The molecule has 1 unspecified atom stereocenters. The molecule has 0 aromatic carbocycles. The molecule has 0 bridgehead atoms. The minimum Gasteiger partial charge on any atom is -0.481 e. The summed E-state index contributed by atoms with van der Waals surface area (Å²) in [7, 11) is 2.15. The van der Waals surface area contributed by atoms with Crippen molar-refractivity contribution in [2.24, 2.45) is 11.8 Å². The molecule has 2 heterocycles. The van der Waals surface area contributed by atoms with Crippen molar-refractivity contribution in [3.63, 3.8) is 0 Å². The highest BCUT2D eigenvalue weighted by molar-refractivity contribution is 5.67. The predicted molar refractivity (Wildman–Crippen MR) is 57.8 cm³/mol. The lowest BCUT2D eigenvalue weighted by Gasteiger charge is -2.38. The predicted octanol–water partition coefficient (Wildman–Crippen LogP) is 0.345. The van der Waals surface area contributed by atoms with Gasteiger partial charge in [-0.1, -0.05) is 0 Å². The Morgan fingerprint density at radius 2 is 2.07 bits per heavy atom. The molecule has 2 rings (SSSR count). The number of hydrogen-bond donors (Lipinski definition) is 1. The average Bonchev–Trinajstić information content (AvgIpc) is 2.48. The smallest absolute Gasteiger partial charge is 0.303 e. The quantitative estimate of drug-likeness (QED) is 0.730. The molecular formula is C11H20N2O2. The Morgan fingerprint density at radius 3 is 2.67 bits per heavy atom. The van der Waals surface area contributed by atoms with Crippen molar-refractivity contribution >= 4 is 5.97 Å². The number of carboxylic acids is 1. The number of carboxylic acid groups (broad SMARTS) is 1. The van der Waals surface area contributed by atoms with Gasteiger partial charge in [0.1, 0.15) is 0 Å². The summed E-state index contributed by atoms with van der Waals surface area (Å²) in [5.74, 6) is 0.559. The highest BCUT2D eigenvalue weighted by Crippen LogP contribution is 2.22. The first-order valence-corrected chi connectivity index (χ1v) is 5.76. The van der Waals surface area contributed by atoms with Crippen molar-refractivity contribution in [1.82, 2.24) is 9.80 Å². The summed E-state index contributed by atoms with van der Waals surface area (Å²) in [6.45, 7) is 5.67. The van der Waals surface area contributed by atoms with Gasteiger partial charge in [0.25, 0.3) is 0 Å². The number of hydrogen-bond acceptors (Lipinski definition) is 3. The summed E-state index contributed by atoms with van der Waals surface area (Å²) in [5, 5.41) is 8.71. The van der Waals surface area contributed by atoms with Crippen LogP contribution in [-0.4, -0.2) is 60.6 Å². The van der Waals surface area contributed by atoms with Gasteiger partial charge in [0.2, 0.25) is 0 Å². The molecule has 0 amide bonds. The second-order valence-electron chi connectivity index (χ2n) is 5.10. The fraction of sp³-hybridized carbons (Fsp3) is 0.909. The third kappa shape index (κ3) is 2.92. The van der Waals surface area contributed by atoms with Crippen LogP contribution >= 0.6 is 0 Å². The topological polar surface area (TPSA) is 43.8 Å². The van der Waals surface area contributed by atoms with Gasteiger partial charge in [-0.2, -0.15) is 0 Å². The number of rotatable bonds is 4. The van der Waals surface area contributed by atoms with Gasteiger partial charge >= 0.3 is 5.97 Å². The average molecular weight is 212 g/mol. The SMILES string of the molecule is CN1CC(CN2CCC(CC(=O)O)C2)C1. The van der Waals surface area contributed by atoms with E-state index in [9.17, 15) is 4.79 Å². The Kier molecular flexibility index (Phi) is 3.26. The lowest BCUT2D eigenvalue weighted by atomic mass is 10.0. The van der Waals surface area contributed by atoms with Gasteiger partial charge < -0.3 is 14.9 Å². The van der Waals surface area contributed by atoms with Gasteiger partial charge in [0.15, 0.2) is 0 Å². The van der Waals surface area contributed by atoms with Gasteiger partial charge in [-0.05, 0) is 31.8 Å². The van der Waals surface area contributed by atoms with E-state index in [2.05, 4.69) is 16.8 Å². The molecule has 1 atom stereocenters. The van der Waals surface area contributed by atoms with Crippen molar-refractivity contribution < 1.29 is 9.90 Å². The van der Waals surface area contributed by atoms with Gasteiger partial charge in [-0.15, -0.1) is 0 Å². The Bertz CT molecular complexity index is 239. The van der Waals surface area contributed by atoms with Gasteiger partial charge in [0.05, 0.1) is 0 Å². The third-order valence-electron chi connectivity index (χ3n) is 3.49. The van der Waals surface area contributed by atoms with Gasteiger partial charge in [-0.25, -0.2) is 0 Å². The van der Waals surface area contributed by atoms with Crippen LogP contribution in [0.1, 0.15) is 12.8 Å². The van der Waals surface area contributed by atoms with E-state index in [-0.39, 0.29) is 0 Å². The zero-order chi connectivity index (χ0) is 10.8. The molecule has 86 valence electrons. The molecule has 4 nitrogen and oxygen atoms in total. The highest BCUT2D eigenvalue weighted by atomic mass is 16.4. The largest absolute Gasteiger partial charge is 0.481 e. The van der Waals surface area contributed by atoms with Crippen molar-refractivity contribution in [2.45, 2.75) is 12.8 Å². The first-order chi connectivity index (χ1) is 7.13. The normalized spacial score (nSPS) is 29.3. The van der Waals surface area contributed by atoms with E-state index in [1.54, 1.807) is 0 Å². The van der Waals surface area contributed by atoms with Crippen molar-refractivity contribution in [2.75, 3.05) is 39.8 Å². The Labute approximate surface area is 90.9 Å². The van der Waals surface area contributed by atoms with E-state index in [1.165, 1.54) is 19.6 Å². The molecule has 0 spiro atoms. The Hall–Kier alpha value is -0.610. The van der Waals surface area contributed by atoms with Crippen LogP contribution in [0.3, 0.4) is 0 Å². The summed E-state index contributed by atoms with van der Waals surface area (Å²) in [5.41, 5.74) is 0. The van der Waals surface area contributed by atoms with Crippen molar-refractivity contribution in [3.8, 4) is 0 Å². The van der Waals surface area contributed by atoms with Crippen LogP contribution in [0.25, 0.3) is 0 Å². The summed E-state index contributed by atoms with van der Waals surface area (Å²) in [6.07, 6.45) is 1.41. The Balaban J connectivity index is 1.66. The molecule has 2 fully saturated rings. The number of nitrogens with zero attached hydrogens (tertiary/aromatic N) is 2. The van der Waals surface area contributed by atoms with Crippen molar-refractivity contribution in [1.29, 1.82) is 0 Å². The molecule has 0 aromatic rings. The van der Waals surface area contributed by atoms with E-state index < -0.39 is 5.97 Å². The maximum Gasteiger partial charge on any atom is 0.303 e. The van der Waals surface area contributed by atoms with Crippen LogP contribution < -0.4 is 0 Å². The molecule has 2 aliphatic heterocycles. The first kappa shape index (κ1) is 10.9. The first-order valence-electron chi connectivity index (χ1n) is 5.76. The van der Waals surface area contributed by atoms with Crippen LogP contribution in [0.4, 0.5) is 0 Å². The van der Waals surface area contributed by atoms with Crippen molar-refractivity contribution in [3.05, 3.63) is 0 Å². The Morgan fingerprint density at radius 1 is 1.33 bits per heavy atom. The van der Waals surface area contributed by atoms with E-state index in [4.69, 9.17) is 5.11 Å². The van der Waals surface area contributed by atoms with Crippen LogP contribution in [0, 0.1) is 11.8 Å². The molecule has 15 heavy (non-hydrogen) atoms. The van der Waals surface area contributed by atoms with Gasteiger partial charge in [-0.3, -0.25) is 4.79 Å². The lowest BCUT2D eigenvalue weighted by molar-refractivity contribution is -0.138. The number of carbonyl (C=O) groups is 1. The van der Waals surface area contributed by atoms with E-state index in [0.29, 0.717) is 12.3 Å². The number of aliphatic carboxylic acids is 1. The van der Waals surface area contributed by atoms with Crippen LogP contribution in [-0.2, 0) is 4.79 Å².